The summed E-state index contributed by atoms with van der Waals surface area (Å²) in [4.78, 5) is 0. The van der Waals surface area contributed by atoms with Crippen molar-refractivity contribution in [2.45, 2.75) is 19.8 Å². The van der Waals surface area contributed by atoms with Crippen molar-refractivity contribution in [1.29, 1.82) is 0 Å². The SMILES string of the molecule is CCOc1cc2c(cc1[C@@H](C)c1ccc(Cl)cc1)OCO2. The predicted octanol–water partition coefficient (Wildman–Crippen LogP) is 4.62. The first-order chi connectivity index (χ1) is 10.2. The maximum Gasteiger partial charge on any atom is 0.231 e. The molecule has 1 aliphatic rings. The van der Waals surface area contributed by atoms with Gasteiger partial charge in [-0.05, 0) is 30.7 Å². The summed E-state index contributed by atoms with van der Waals surface area (Å²) < 4.78 is 16.7. The molecule has 0 unspecified atom stereocenters. The zero-order valence-corrected chi connectivity index (χ0v) is 12.8. The van der Waals surface area contributed by atoms with E-state index in [2.05, 4.69) is 6.92 Å². The summed E-state index contributed by atoms with van der Waals surface area (Å²) >= 11 is 5.96. The molecule has 0 saturated carbocycles. The number of hydrogen-bond donors (Lipinski definition) is 0. The molecule has 0 fully saturated rings. The van der Waals surface area contributed by atoms with Crippen LogP contribution >= 0.6 is 11.6 Å². The van der Waals surface area contributed by atoms with E-state index in [4.69, 9.17) is 25.8 Å². The van der Waals surface area contributed by atoms with Gasteiger partial charge in [-0.15, -0.1) is 0 Å². The van der Waals surface area contributed by atoms with E-state index in [1.54, 1.807) is 0 Å². The molecule has 0 saturated heterocycles. The minimum absolute atomic E-state index is 0.179. The van der Waals surface area contributed by atoms with Gasteiger partial charge in [0.15, 0.2) is 11.5 Å². The van der Waals surface area contributed by atoms with Crippen molar-refractivity contribution in [3.63, 3.8) is 0 Å². The average molecular weight is 305 g/mol. The summed E-state index contributed by atoms with van der Waals surface area (Å²) in [5, 5.41) is 0.738. The molecule has 0 radical (unpaired) electrons. The zero-order chi connectivity index (χ0) is 14.8. The minimum atomic E-state index is 0.179. The van der Waals surface area contributed by atoms with Crippen LogP contribution in [0, 0.1) is 0 Å². The lowest BCUT2D eigenvalue weighted by molar-refractivity contribution is 0.173. The van der Waals surface area contributed by atoms with Crippen LogP contribution in [0.1, 0.15) is 30.9 Å². The molecule has 0 aliphatic carbocycles. The molecule has 1 aliphatic heterocycles. The number of fused-ring (bicyclic) bond motifs is 1. The van der Waals surface area contributed by atoms with Gasteiger partial charge in [-0.25, -0.2) is 0 Å². The fourth-order valence-electron chi connectivity index (χ4n) is 2.49. The fourth-order valence-corrected chi connectivity index (χ4v) is 2.61. The van der Waals surface area contributed by atoms with E-state index < -0.39 is 0 Å². The van der Waals surface area contributed by atoms with Crippen molar-refractivity contribution in [2.75, 3.05) is 13.4 Å². The quantitative estimate of drug-likeness (QED) is 0.825. The standard InChI is InChI=1S/C17H17ClO3/c1-3-19-15-9-17-16(20-10-21-17)8-14(15)11(2)12-4-6-13(18)7-5-12/h4-9,11H,3,10H2,1-2H3/t11-/m0/s1. The molecule has 1 heterocycles. The van der Waals surface area contributed by atoms with Crippen LogP contribution < -0.4 is 14.2 Å². The van der Waals surface area contributed by atoms with E-state index in [-0.39, 0.29) is 12.7 Å². The molecule has 110 valence electrons. The second kappa shape index (κ2) is 5.86. The van der Waals surface area contributed by atoms with Gasteiger partial charge in [-0.2, -0.15) is 0 Å². The summed E-state index contributed by atoms with van der Waals surface area (Å²) in [5.41, 5.74) is 2.27. The second-order valence-corrected chi connectivity index (χ2v) is 5.39. The van der Waals surface area contributed by atoms with Crippen LogP contribution in [0.15, 0.2) is 36.4 Å². The molecule has 1 atom stereocenters. The molecular weight excluding hydrogens is 288 g/mol. The average Bonchev–Trinajstić information content (AvgIpc) is 2.94. The van der Waals surface area contributed by atoms with Gasteiger partial charge >= 0.3 is 0 Å². The Morgan fingerprint density at radius 3 is 2.48 bits per heavy atom. The molecule has 3 rings (SSSR count). The van der Waals surface area contributed by atoms with E-state index in [1.807, 2.05) is 43.3 Å². The molecule has 2 aromatic rings. The van der Waals surface area contributed by atoms with Crippen LogP contribution in [0.5, 0.6) is 17.2 Å². The first-order valence-corrected chi connectivity index (χ1v) is 7.38. The monoisotopic (exact) mass is 304 g/mol. The highest BCUT2D eigenvalue weighted by molar-refractivity contribution is 6.30. The molecule has 0 N–H and O–H groups in total. The molecule has 2 aromatic carbocycles. The van der Waals surface area contributed by atoms with E-state index in [9.17, 15) is 0 Å². The molecule has 0 bridgehead atoms. The van der Waals surface area contributed by atoms with Gasteiger partial charge in [-0.1, -0.05) is 30.7 Å². The Morgan fingerprint density at radius 2 is 1.81 bits per heavy atom. The van der Waals surface area contributed by atoms with Gasteiger partial charge < -0.3 is 14.2 Å². The number of ether oxygens (including phenoxy) is 3. The van der Waals surface area contributed by atoms with Crippen LogP contribution in [-0.2, 0) is 0 Å². The Hall–Kier alpha value is -1.87. The highest BCUT2D eigenvalue weighted by atomic mass is 35.5. The third-order valence-corrected chi connectivity index (χ3v) is 3.89. The number of rotatable bonds is 4. The molecule has 0 amide bonds. The molecule has 21 heavy (non-hydrogen) atoms. The third-order valence-electron chi connectivity index (χ3n) is 3.64. The number of hydrogen-bond acceptors (Lipinski definition) is 3. The van der Waals surface area contributed by atoms with Crippen LogP contribution in [0.3, 0.4) is 0 Å². The van der Waals surface area contributed by atoms with Crippen LogP contribution in [0.2, 0.25) is 5.02 Å². The van der Waals surface area contributed by atoms with Gasteiger partial charge in [0, 0.05) is 22.6 Å². The van der Waals surface area contributed by atoms with Gasteiger partial charge in [-0.3, -0.25) is 0 Å². The van der Waals surface area contributed by atoms with Crippen LogP contribution in [-0.4, -0.2) is 13.4 Å². The topological polar surface area (TPSA) is 27.7 Å². The first kappa shape index (κ1) is 14.1. The van der Waals surface area contributed by atoms with E-state index >= 15 is 0 Å². The molecule has 0 aromatic heterocycles. The Labute approximate surface area is 129 Å². The Kier molecular flexibility index (Phi) is 3.93. The Bertz CT molecular complexity index is 637. The maximum atomic E-state index is 5.96. The van der Waals surface area contributed by atoms with Crippen molar-refractivity contribution >= 4 is 11.6 Å². The summed E-state index contributed by atoms with van der Waals surface area (Å²) in [5.74, 6) is 2.53. The molecular formula is C17H17ClO3. The van der Waals surface area contributed by atoms with Gasteiger partial charge in [0.2, 0.25) is 6.79 Å². The fraction of sp³-hybridized carbons (Fsp3) is 0.294. The molecule has 3 nitrogen and oxygen atoms in total. The van der Waals surface area contributed by atoms with E-state index in [1.165, 1.54) is 5.56 Å². The summed E-state index contributed by atoms with van der Waals surface area (Å²) in [6.07, 6.45) is 0. The van der Waals surface area contributed by atoms with Gasteiger partial charge in [0.05, 0.1) is 6.61 Å². The van der Waals surface area contributed by atoms with E-state index in [0.29, 0.717) is 6.61 Å². The summed E-state index contributed by atoms with van der Waals surface area (Å²) in [6, 6.07) is 11.8. The molecule has 4 heteroatoms. The largest absolute Gasteiger partial charge is 0.493 e. The van der Waals surface area contributed by atoms with Crippen LogP contribution in [0.25, 0.3) is 0 Å². The summed E-state index contributed by atoms with van der Waals surface area (Å²) in [7, 11) is 0. The number of benzene rings is 2. The van der Waals surface area contributed by atoms with Gasteiger partial charge in [0.25, 0.3) is 0 Å². The lowest BCUT2D eigenvalue weighted by Crippen LogP contribution is -2.02. The smallest absolute Gasteiger partial charge is 0.231 e. The van der Waals surface area contributed by atoms with Crippen molar-refractivity contribution < 1.29 is 14.2 Å². The van der Waals surface area contributed by atoms with E-state index in [0.717, 1.165) is 27.8 Å². The number of halogens is 1. The van der Waals surface area contributed by atoms with Crippen molar-refractivity contribution in [3.05, 3.63) is 52.5 Å². The lowest BCUT2D eigenvalue weighted by Gasteiger charge is -2.18. The second-order valence-electron chi connectivity index (χ2n) is 4.95. The molecule has 0 spiro atoms. The highest BCUT2D eigenvalue weighted by Crippen LogP contribution is 2.42. The highest BCUT2D eigenvalue weighted by Gasteiger charge is 2.21. The van der Waals surface area contributed by atoms with Gasteiger partial charge in [0.1, 0.15) is 5.75 Å². The lowest BCUT2D eigenvalue weighted by atomic mass is 9.92. The van der Waals surface area contributed by atoms with Crippen molar-refractivity contribution in [1.82, 2.24) is 0 Å². The Morgan fingerprint density at radius 1 is 1.14 bits per heavy atom. The maximum absolute atomic E-state index is 5.96. The van der Waals surface area contributed by atoms with Crippen molar-refractivity contribution in [2.24, 2.45) is 0 Å². The first-order valence-electron chi connectivity index (χ1n) is 7.01. The predicted molar refractivity (Wildman–Crippen MR) is 82.7 cm³/mol. The van der Waals surface area contributed by atoms with Crippen LogP contribution in [0.4, 0.5) is 0 Å². The van der Waals surface area contributed by atoms with Crippen molar-refractivity contribution in [3.8, 4) is 17.2 Å². The normalized spacial score (nSPS) is 14.0. The zero-order valence-electron chi connectivity index (χ0n) is 12.1. The Balaban J connectivity index is 2.01. The minimum Gasteiger partial charge on any atom is -0.493 e. The third kappa shape index (κ3) is 2.79. The summed E-state index contributed by atoms with van der Waals surface area (Å²) in [6.45, 7) is 4.99.